The Hall–Kier alpha value is -2.84. The van der Waals surface area contributed by atoms with Crippen molar-refractivity contribution in [1.82, 2.24) is 19.9 Å². The number of hydrogen-bond donors (Lipinski definition) is 0. The average molecular weight is 324 g/mol. The molecule has 0 spiro atoms. The third-order valence-corrected chi connectivity index (χ3v) is 2.99. The van der Waals surface area contributed by atoms with Gasteiger partial charge in [0.15, 0.2) is 11.4 Å². The molecule has 3 rings (SSSR count). The monoisotopic (exact) mass is 324 g/mol. The van der Waals surface area contributed by atoms with Gasteiger partial charge in [0.25, 0.3) is 0 Å². The number of aromatic nitrogens is 4. The molecule has 0 fully saturated rings. The SMILES string of the molecule is COc1nc(-c2ccc3ncccc3n2)nc(F)c1C(F)(F)F. The minimum absolute atomic E-state index is 0.108. The smallest absolute Gasteiger partial charge is 0.426 e. The van der Waals surface area contributed by atoms with Crippen LogP contribution >= 0.6 is 0 Å². The summed E-state index contributed by atoms with van der Waals surface area (Å²) < 4.78 is 56.8. The van der Waals surface area contributed by atoms with Gasteiger partial charge >= 0.3 is 6.18 Å². The summed E-state index contributed by atoms with van der Waals surface area (Å²) in [5.74, 6) is -2.92. The van der Waals surface area contributed by atoms with Gasteiger partial charge in [-0.2, -0.15) is 27.5 Å². The Morgan fingerprint density at radius 1 is 1.00 bits per heavy atom. The van der Waals surface area contributed by atoms with Crippen LogP contribution in [0.3, 0.4) is 0 Å². The molecule has 3 aromatic rings. The Balaban J connectivity index is 2.17. The van der Waals surface area contributed by atoms with Crippen molar-refractivity contribution in [2.45, 2.75) is 6.18 Å². The van der Waals surface area contributed by atoms with E-state index in [4.69, 9.17) is 0 Å². The van der Waals surface area contributed by atoms with Gasteiger partial charge in [-0.05, 0) is 24.3 Å². The van der Waals surface area contributed by atoms with E-state index in [0.717, 1.165) is 7.11 Å². The summed E-state index contributed by atoms with van der Waals surface area (Å²) in [5, 5.41) is 0. The van der Waals surface area contributed by atoms with E-state index in [-0.39, 0.29) is 11.5 Å². The average Bonchev–Trinajstić information content (AvgIpc) is 2.52. The number of methoxy groups -OCH3 is 1. The van der Waals surface area contributed by atoms with Crippen molar-refractivity contribution in [3.63, 3.8) is 0 Å². The number of pyridine rings is 2. The molecule has 0 bridgehead atoms. The van der Waals surface area contributed by atoms with Crippen molar-refractivity contribution >= 4 is 11.0 Å². The molecule has 0 N–H and O–H groups in total. The molecule has 0 unspecified atom stereocenters. The molecule has 0 saturated carbocycles. The van der Waals surface area contributed by atoms with Crippen molar-refractivity contribution in [3.05, 3.63) is 42.0 Å². The van der Waals surface area contributed by atoms with Crippen LogP contribution in [0.1, 0.15) is 5.56 Å². The summed E-state index contributed by atoms with van der Waals surface area (Å²) in [6, 6.07) is 6.33. The molecule has 0 radical (unpaired) electrons. The number of ether oxygens (including phenoxy) is 1. The molecule has 5 nitrogen and oxygen atoms in total. The minimum atomic E-state index is -4.96. The quantitative estimate of drug-likeness (QED) is 0.535. The summed E-state index contributed by atoms with van der Waals surface area (Å²) in [6.45, 7) is 0. The van der Waals surface area contributed by atoms with E-state index < -0.39 is 23.6 Å². The Morgan fingerprint density at radius 2 is 1.78 bits per heavy atom. The molecule has 0 amide bonds. The zero-order chi connectivity index (χ0) is 16.6. The first-order chi connectivity index (χ1) is 10.9. The molecular formula is C14H8F4N4O. The number of fused-ring (bicyclic) bond motifs is 1. The van der Waals surface area contributed by atoms with Gasteiger partial charge in [-0.1, -0.05) is 0 Å². The lowest BCUT2D eigenvalue weighted by Crippen LogP contribution is -2.14. The molecular weight excluding hydrogens is 316 g/mol. The van der Waals surface area contributed by atoms with Gasteiger partial charge in [0.05, 0.1) is 18.1 Å². The molecule has 3 aromatic heterocycles. The number of nitrogens with zero attached hydrogens (tertiary/aromatic N) is 4. The van der Waals surface area contributed by atoms with Crippen LogP contribution in [-0.4, -0.2) is 27.0 Å². The lowest BCUT2D eigenvalue weighted by molar-refractivity contribution is -0.142. The maximum absolute atomic E-state index is 13.8. The lowest BCUT2D eigenvalue weighted by atomic mass is 10.2. The van der Waals surface area contributed by atoms with E-state index >= 15 is 0 Å². The van der Waals surface area contributed by atoms with Gasteiger partial charge in [-0.3, -0.25) is 4.98 Å². The van der Waals surface area contributed by atoms with Crippen LogP contribution < -0.4 is 4.74 Å². The second kappa shape index (κ2) is 5.41. The molecule has 0 saturated heterocycles. The van der Waals surface area contributed by atoms with Crippen molar-refractivity contribution in [2.24, 2.45) is 0 Å². The van der Waals surface area contributed by atoms with E-state index in [0.29, 0.717) is 11.0 Å². The van der Waals surface area contributed by atoms with Crippen molar-refractivity contribution in [2.75, 3.05) is 7.11 Å². The highest BCUT2D eigenvalue weighted by Crippen LogP contribution is 2.37. The molecule has 0 aliphatic heterocycles. The molecule has 0 aliphatic rings. The largest absolute Gasteiger partial charge is 0.480 e. The van der Waals surface area contributed by atoms with Crippen LogP contribution in [0.15, 0.2) is 30.5 Å². The van der Waals surface area contributed by atoms with E-state index in [9.17, 15) is 17.6 Å². The van der Waals surface area contributed by atoms with Crippen LogP contribution in [0.25, 0.3) is 22.6 Å². The van der Waals surface area contributed by atoms with E-state index in [1.807, 2.05) is 0 Å². The topological polar surface area (TPSA) is 60.8 Å². The van der Waals surface area contributed by atoms with E-state index in [1.165, 1.54) is 6.07 Å². The van der Waals surface area contributed by atoms with Gasteiger partial charge in [0.2, 0.25) is 11.8 Å². The van der Waals surface area contributed by atoms with Gasteiger partial charge < -0.3 is 4.74 Å². The second-order valence-corrected chi connectivity index (χ2v) is 4.46. The second-order valence-electron chi connectivity index (χ2n) is 4.46. The van der Waals surface area contributed by atoms with Crippen LogP contribution in [0.2, 0.25) is 0 Å². The third kappa shape index (κ3) is 2.77. The predicted octanol–water partition coefficient (Wildman–Crippen LogP) is 3.25. The Kier molecular flexibility index (Phi) is 3.55. The summed E-state index contributed by atoms with van der Waals surface area (Å²) in [6.07, 6.45) is -3.39. The van der Waals surface area contributed by atoms with E-state index in [2.05, 4.69) is 24.7 Å². The lowest BCUT2D eigenvalue weighted by Gasteiger charge is -2.12. The van der Waals surface area contributed by atoms with E-state index in [1.54, 1.807) is 24.4 Å². The zero-order valence-corrected chi connectivity index (χ0v) is 11.6. The fourth-order valence-corrected chi connectivity index (χ4v) is 2.00. The fraction of sp³-hybridized carbons (Fsp3) is 0.143. The first-order valence-electron chi connectivity index (χ1n) is 6.31. The molecule has 0 aromatic carbocycles. The van der Waals surface area contributed by atoms with Gasteiger partial charge in [-0.15, -0.1) is 0 Å². The van der Waals surface area contributed by atoms with Gasteiger partial charge in [0.1, 0.15) is 5.69 Å². The zero-order valence-electron chi connectivity index (χ0n) is 11.6. The molecule has 0 aliphatic carbocycles. The standard InChI is InChI=1S/C14H8F4N4O/c1-23-13-10(14(16,17)18)11(15)21-12(22-13)9-5-4-7-8(20-9)3-2-6-19-7/h2-6H,1H3. The Bertz CT molecular complexity index is 882. The van der Waals surface area contributed by atoms with Crippen LogP contribution in [0.5, 0.6) is 5.88 Å². The van der Waals surface area contributed by atoms with Crippen LogP contribution in [-0.2, 0) is 6.18 Å². The Labute approximate surface area is 127 Å². The first-order valence-corrected chi connectivity index (χ1v) is 6.31. The summed E-state index contributed by atoms with van der Waals surface area (Å²) in [7, 11) is 0.971. The number of alkyl halides is 3. The normalized spacial score (nSPS) is 11.7. The molecule has 3 heterocycles. The molecule has 0 atom stereocenters. The number of rotatable bonds is 2. The van der Waals surface area contributed by atoms with Crippen molar-refractivity contribution in [3.8, 4) is 17.4 Å². The summed E-state index contributed by atoms with van der Waals surface area (Å²) >= 11 is 0. The van der Waals surface area contributed by atoms with Crippen molar-refractivity contribution in [1.29, 1.82) is 0 Å². The minimum Gasteiger partial charge on any atom is -0.480 e. The Morgan fingerprint density at radius 3 is 2.48 bits per heavy atom. The highest BCUT2D eigenvalue weighted by Gasteiger charge is 2.40. The van der Waals surface area contributed by atoms with Crippen molar-refractivity contribution < 1.29 is 22.3 Å². The molecule has 118 valence electrons. The maximum atomic E-state index is 13.8. The third-order valence-electron chi connectivity index (χ3n) is 2.99. The predicted molar refractivity (Wildman–Crippen MR) is 72.1 cm³/mol. The summed E-state index contributed by atoms with van der Waals surface area (Å²) in [4.78, 5) is 15.1. The molecule has 23 heavy (non-hydrogen) atoms. The van der Waals surface area contributed by atoms with Gasteiger partial charge in [0, 0.05) is 6.20 Å². The maximum Gasteiger partial charge on any atom is 0.426 e. The highest BCUT2D eigenvalue weighted by atomic mass is 19.4. The van der Waals surface area contributed by atoms with Crippen LogP contribution in [0, 0.1) is 5.95 Å². The molecule has 9 heteroatoms. The number of halogens is 4. The fourth-order valence-electron chi connectivity index (χ4n) is 2.00. The highest BCUT2D eigenvalue weighted by molar-refractivity contribution is 5.76. The summed E-state index contributed by atoms with van der Waals surface area (Å²) in [5.41, 5.74) is -0.480. The number of hydrogen-bond acceptors (Lipinski definition) is 5. The van der Waals surface area contributed by atoms with Crippen LogP contribution in [0.4, 0.5) is 17.6 Å². The first kappa shape index (κ1) is 15.1. The van der Waals surface area contributed by atoms with Gasteiger partial charge in [-0.25, -0.2) is 4.98 Å².